The van der Waals surface area contributed by atoms with E-state index in [9.17, 15) is 9.59 Å². The Morgan fingerprint density at radius 3 is 2.87 bits per heavy atom. The summed E-state index contributed by atoms with van der Waals surface area (Å²) in [5.74, 6) is -0.0638. The van der Waals surface area contributed by atoms with Gasteiger partial charge in [0, 0.05) is 29.1 Å². The van der Waals surface area contributed by atoms with Crippen LogP contribution < -0.4 is 5.32 Å². The number of aromatic nitrogens is 2. The van der Waals surface area contributed by atoms with Crippen LogP contribution in [-0.4, -0.2) is 39.5 Å². The number of carbonyl (C=O) groups is 2. The highest BCUT2D eigenvalue weighted by Crippen LogP contribution is 2.26. The molecule has 4 rings (SSSR count). The van der Waals surface area contributed by atoms with Gasteiger partial charge in [0.15, 0.2) is 0 Å². The molecule has 3 aromatic rings. The Hall–Kier alpha value is -2.58. The van der Waals surface area contributed by atoms with Gasteiger partial charge in [0.2, 0.25) is 11.8 Å². The predicted molar refractivity (Wildman–Crippen MR) is 121 cm³/mol. The van der Waals surface area contributed by atoms with E-state index >= 15 is 0 Å². The summed E-state index contributed by atoms with van der Waals surface area (Å²) in [6.07, 6.45) is 3.77. The first-order valence-corrected chi connectivity index (χ1v) is 11.8. The molecule has 0 saturated carbocycles. The van der Waals surface area contributed by atoms with Crippen LogP contribution in [0, 0.1) is 6.92 Å². The zero-order chi connectivity index (χ0) is 20.9. The van der Waals surface area contributed by atoms with Crippen molar-refractivity contribution in [3.8, 4) is 10.6 Å². The Bertz CT molecular complexity index is 1020. The van der Waals surface area contributed by atoms with E-state index in [-0.39, 0.29) is 11.8 Å². The zero-order valence-electron chi connectivity index (χ0n) is 16.8. The van der Waals surface area contributed by atoms with Crippen LogP contribution in [0.25, 0.3) is 10.6 Å². The molecule has 0 radical (unpaired) electrons. The Morgan fingerprint density at radius 1 is 1.20 bits per heavy atom. The molecule has 1 aromatic carbocycles. The normalized spacial score (nSPS) is 16.4. The van der Waals surface area contributed by atoms with E-state index < -0.39 is 6.04 Å². The minimum Gasteiger partial charge on any atom is -0.331 e. The van der Waals surface area contributed by atoms with Crippen LogP contribution in [-0.2, 0) is 16.0 Å². The third kappa shape index (κ3) is 4.94. The average Bonchev–Trinajstić information content (AvgIpc) is 3.44. The number of likely N-dealkylation sites (tertiary alicyclic amines) is 1. The fourth-order valence-corrected chi connectivity index (χ4v) is 5.10. The van der Waals surface area contributed by atoms with Crippen LogP contribution >= 0.6 is 22.7 Å². The van der Waals surface area contributed by atoms with Crippen LogP contribution in [0.5, 0.6) is 0 Å². The van der Waals surface area contributed by atoms with Gasteiger partial charge in [-0.05, 0) is 56.2 Å². The molecule has 0 spiro atoms. The number of aryl methyl sites for hydroxylation is 2. The molecule has 8 heteroatoms. The second kappa shape index (κ2) is 9.49. The van der Waals surface area contributed by atoms with E-state index in [4.69, 9.17) is 0 Å². The first-order valence-electron chi connectivity index (χ1n) is 10.1. The van der Waals surface area contributed by atoms with Crippen molar-refractivity contribution in [1.29, 1.82) is 0 Å². The number of hydrogen-bond acceptors (Lipinski definition) is 6. The highest BCUT2D eigenvalue weighted by molar-refractivity contribution is 7.14. The molecule has 1 N–H and O–H groups in total. The Labute approximate surface area is 184 Å². The smallest absolute Gasteiger partial charge is 0.247 e. The number of piperidine rings is 1. The third-order valence-corrected chi connectivity index (χ3v) is 7.02. The van der Waals surface area contributed by atoms with Crippen molar-refractivity contribution in [3.05, 3.63) is 51.7 Å². The number of nitrogens with zero attached hydrogens (tertiary/aromatic N) is 3. The van der Waals surface area contributed by atoms with Gasteiger partial charge in [-0.3, -0.25) is 9.59 Å². The van der Waals surface area contributed by atoms with E-state index in [0.29, 0.717) is 25.1 Å². The molecule has 1 saturated heterocycles. The van der Waals surface area contributed by atoms with Crippen molar-refractivity contribution < 1.29 is 9.59 Å². The maximum Gasteiger partial charge on any atom is 0.247 e. The van der Waals surface area contributed by atoms with Crippen LogP contribution in [0.2, 0.25) is 0 Å². The van der Waals surface area contributed by atoms with E-state index in [2.05, 4.69) is 15.5 Å². The molecule has 30 heavy (non-hydrogen) atoms. The molecule has 1 fully saturated rings. The molecule has 3 heterocycles. The molecule has 2 amide bonds. The van der Waals surface area contributed by atoms with Crippen LogP contribution in [0.3, 0.4) is 0 Å². The summed E-state index contributed by atoms with van der Waals surface area (Å²) < 4.78 is 0. The summed E-state index contributed by atoms with van der Waals surface area (Å²) in [4.78, 5) is 28.8. The zero-order valence-corrected chi connectivity index (χ0v) is 18.5. The number of carbonyl (C=O) groups excluding carboxylic acids is 2. The first kappa shape index (κ1) is 20.7. The minimum atomic E-state index is -0.415. The van der Waals surface area contributed by atoms with Crippen molar-refractivity contribution in [1.82, 2.24) is 15.1 Å². The summed E-state index contributed by atoms with van der Waals surface area (Å²) >= 11 is 3.18. The Balaban J connectivity index is 1.42. The number of hydrogen-bond donors (Lipinski definition) is 1. The van der Waals surface area contributed by atoms with Crippen molar-refractivity contribution in [2.45, 2.75) is 45.1 Å². The SMILES string of the molecule is Cc1nnc(-c2cccc(NC(=O)C3CCCCN3C(=O)CCc3cccs3)c2)s1. The summed E-state index contributed by atoms with van der Waals surface area (Å²) in [5, 5.41) is 15.0. The largest absolute Gasteiger partial charge is 0.331 e. The summed E-state index contributed by atoms with van der Waals surface area (Å²) in [6.45, 7) is 2.56. The van der Waals surface area contributed by atoms with Gasteiger partial charge in [0.05, 0.1) is 0 Å². The fourth-order valence-electron chi connectivity index (χ4n) is 3.70. The topological polar surface area (TPSA) is 75.2 Å². The maximum absolute atomic E-state index is 13.0. The second-order valence-corrected chi connectivity index (χ2v) is 9.59. The van der Waals surface area contributed by atoms with E-state index in [1.54, 1.807) is 16.2 Å². The summed E-state index contributed by atoms with van der Waals surface area (Å²) in [6, 6.07) is 11.2. The first-order chi connectivity index (χ1) is 14.6. The number of thiophene rings is 1. The maximum atomic E-state index is 13.0. The van der Waals surface area contributed by atoms with Gasteiger partial charge in [-0.25, -0.2) is 0 Å². The monoisotopic (exact) mass is 440 g/mol. The fraction of sp³-hybridized carbons (Fsp3) is 0.364. The third-order valence-electron chi connectivity index (χ3n) is 5.19. The van der Waals surface area contributed by atoms with E-state index in [0.717, 1.165) is 34.8 Å². The quantitative estimate of drug-likeness (QED) is 0.611. The average molecular weight is 441 g/mol. The predicted octanol–water partition coefficient (Wildman–Crippen LogP) is 4.53. The van der Waals surface area contributed by atoms with E-state index in [1.165, 1.54) is 16.2 Å². The van der Waals surface area contributed by atoms with E-state index in [1.807, 2.05) is 48.7 Å². The van der Waals surface area contributed by atoms with Crippen molar-refractivity contribution >= 4 is 40.2 Å². The Morgan fingerprint density at radius 2 is 2.10 bits per heavy atom. The number of rotatable bonds is 6. The van der Waals surface area contributed by atoms with Gasteiger partial charge in [-0.15, -0.1) is 21.5 Å². The molecule has 1 aliphatic rings. The lowest BCUT2D eigenvalue weighted by Gasteiger charge is -2.34. The Kier molecular flexibility index (Phi) is 6.54. The van der Waals surface area contributed by atoms with Gasteiger partial charge in [0.25, 0.3) is 0 Å². The van der Waals surface area contributed by atoms with Crippen molar-refractivity contribution in [2.75, 3.05) is 11.9 Å². The van der Waals surface area contributed by atoms with Gasteiger partial charge < -0.3 is 10.2 Å². The van der Waals surface area contributed by atoms with Crippen LogP contribution in [0.15, 0.2) is 41.8 Å². The molecule has 1 atom stereocenters. The molecule has 156 valence electrons. The number of benzene rings is 1. The van der Waals surface area contributed by atoms with Crippen molar-refractivity contribution in [3.63, 3.8) is 0 Å². The lowest BCUT2D eigenvalue weighted by molar-refractivity contribution is -0.140. The minimum absolute atomic E-state index is 0.0568. The highest BCUT2D eigenvalue weighted by atomic mass is 32.1. The van der Waals surface area contributed by atoms with Crippen molar-refractivity contribution in [2.24, 2.45) is 0 Å². The summed E-state index contributed by atoms with van der Waals surface area (Å²) in [5.41, 5.74) is 1.63. The lowest BCUT2D eigenvalue weighted by atomic mass is 10.00. The van der Waals surface area contributed by atoms with Crippen LogP contribution in [0.4, 0.5) is 5.69 Å². The standard InChI is InChI=1S/C22H24N4O2S2/c1-15-24-25-22(30-15)16-6-4-7-17(14-16)23-21(28)19-9-2-3-12-26(19)20(27)11-10-18-8-5-13-29-18/h4-8,13-14,19H,2-3,9-12H2,1H3,(H,23,28). The van der Waals surface area contributed by atoms with Gasteiger partial charge in [0.1, 0.15) is 16.1 Å². The molecular weight excluding hydrogens is 416 g/mol. The number of amides is 2. The molecule has 0 bridgehead atoms. The molecule has 1 unspecified atom stereocenters. The molecular formula is C22H24N4O2S2. The molecule has 1 aliphatic heterocycles. The van der Waals surface area contributed by atoms with Crippen LogP contribution in [0.1, 0.15) is 35.6 Å². The lowest BCUT2D eigenvalue weighted by Crippen LogP contribution is -2.50. The van der Waals surface area contributed by atoms with Gasteiger partial charge >= 0.3 is 0 Å². The molecule has 2 aromatic heterocycles. The number of anilines is 1. The summed E-state index contributed by atoms with van der Waals surface area (Å²) in [7, 11) is 0. The number of nitrogens with one attached hydrogen (secondary N) is 1. The van der Waals surface area contributed by atoms with Gasteiger partial charge in [-0.2, -0.15) is 0 Å². The molecule has 0 aliphatic carbocycles. The molecule has 6 nitrogen and oxygen atoms in total. The van der Waals surface area contributed by atoms with Gasteiger partial charge in [-0.1, -0.05) is 29.5 Å². The second-order valence-electron chi connectivity index (χ2n) is 7.37. The highest BCUT2D eigenvalue weighted by Gasteiger charge is 2.31.